The number of nitrogens with two attached hydrogens (primary N) is 1. The molecule has 0 saturated heterocycles. The van der Waals surface area contributed by atoms with Gasteiger partial charge < -0.3 is 16.2 Å². The molecule has 0 atom stereocenters. The van der Waals surface area contributed by atoms with Crippen LogP contribution < -0.4 is 11.1 Å². The standard InChI is InChI=1S/C18H20N6O/c19-16-22-14-5-11(13-3-4-21-24-13)1-2-12(14)15(23-16)20-9-17-6-18(7-17,8-17)10-25/h1-5,25H,6-10H2,(H,21,24)(H3,19,20,22,23). The van der Waals surface area contributed by atoms with Crippen LogP contribution in [-0.4, -0.2) is 38.4 Å². The van der Waals surface area contributed by atoms with Crippen LogP contribution in [0.2, 0.25) is 0 Å². The molecule has 128 valence electrons. The van der Waals surface area contributed by atoms with E-state index in [9.17, 15) is 5.11 Å². The van der Waals surface area contributed by atoms with Gasteiger partial charge in [-0.2, -0.15) is 10.1 Å². The van der Waals surface area contributed by atoms with Crippen molar-refractivity contribution in [3.63, 3.8) is 0 Å². The number of anilines is 2. The quantitative estimate of drug-likeness (QED) is 0.568. The number of fused-ring (bicyclic) bond motifs is 1. The first kappa shape index (κ1) is 14.7. The van der Waals surface area contributed by atoms with Crippen LogP contribution in [-0.2, 0) is 0 Å². The number of hydrogen-bond donors (Lipinski definition) is 4. The van der Waals surface area contributed by atoms with Gasteiger partial charge in [0.15, 0.2) is 0 Å². The zero-order valence-electron chi connectivity index (χ0n) is 13.8. The molecule has 0 radical (unpaired) electrons. The van der Waals surface area contributed by atoms with Crippen LogP contribution in [0.3, 0.4) is 0 Å². The molecule has 7 heteroatoms. The Morgan fingerprint density at radius 1 is 1.16 bits per heavy atom. The maximum atomic E-state index is 9.40. The molecule has 0 unspecified atom stereocenters. The predicted molar refractivity (Wildman–Crippen MR) is 95.8 cm³/mol. The summed E-state index contributed by atoms with van der Waals surface area (Å²) in [5, 5.41) is 20.8. The molecule has 3 aliphatic rings. The Kier molecular flexibility index (Phi) is 2.88. The summed E-state index contributed by atoms with van der Waals surface area (Å²) < 4.78 is 0. The molecule has 3 aromatic rings. The van der Waals surface area contributed by atoms with E-state index in [0.29, 0.717) is 12.0 Å². The number of aromatic nitrogens is 4. The van der Waals surface area contributed by atoms with Crippen LogP contribution in [0.5, 0.6) is 0 Å². The number of nitrogen functional groups attached to an aromatic ring is 1. The Morgan fingerprint density at radius 2 is 2.00 bits per heavy atom. The first-order valence-corrected chi connectivity index (χ1v) is 8.52. The monoisotopic (exact) mass is 336 g/mol. The molecule has 3 fully saturated rings. The highest BCUT2D eigenvalue weighted by Gasteiger charge is 2.66. The zero-order valence-corrected chi connectivity index (χ0v) is 13.8. The van der Waals surface area contributed by atoms with Gasteiger partial charge in [0.2, 0.25) is 5.95 Å². The summed E-state index contributed by atoms with van der Waals surface area (Å²) in [7, 11) is 0. The fourth-order valence-corrected chi connectivity index (χ4v) is 4.72. The van der Waals surface area contributed by atoms with E-state index in [1.807, 2.05) is 24.3 Å². The Bertz CT molecular complexity index is 932. The number of rotatable bonds is 5. The highest BCUT2D eigenvalue weighted by Crippen LogP contribution is 2.72. The fraction of sp³-hybridized carbons (Fsp3) is 0.389. The van der Waals surface area contributed by atoms with Crippen LogP contribution in [0.25, 0.3) is 22.2 Å². The third-order valence-electron chi connectivity index (χ3n) is 5.74. The Balaban J connectivity index is 1.43. The molecule has 2 heterocycles. The van der Waals surface area contributed by atoms with Gasteiger partial charge >= 0.3 is 0 Å². The second kappa shape index (κ2) is 4.92. The number of nitrogens with one attached hydrogen (secondary N) is 2. The molecule has 3 aliphatic carbocycles. The van der Waals surface area contributed by atoms with Crippen molar-refractivity contribution < 1.29 is 5.11 Å². The van der Waals surface area contributed by atoms with Crippen molar-refractivity contribution in [2.75, 3.05) is 24.2 Å². The summed E-state index contributed by atoms with van der Waals surface area (Å²) in [4.78, 5) is 8.77. The molecule has 7 nitrogen and oxygen atoms in total. The predicted octanol–water partition coefficient (Wildman–Crippen LogP) is 2.18. The normalized spacial score (nSPS) is 26.9. The number of benzene rings is 1. The van der Waals surface area contributed by atoms with Gasteiger partial charge in [-0.05, 0) is 48.3 Å². The number of aliphatic hydroxyl groups is 1. The summed E-state index contributed by atoms with van der Waals surface area (Å²) in [5.41, 5.74) is 9.22. The number of aliphatic hydroxyl groups excluding tert-OH is 1. The summed E-state index contributed by atoms with van der Waals surface area (Å²) in [5.74, 6) is 1.04. The van der Waals surface area contributed by atoms with Gasteiger partial charge in [0.25, 0.3) is 0 Å². The van der Waals surface area contributed by atoms with Gasteiger partial charge in [-0.1, -0.05) is 6.07 Å². The molecule has 25 heavy (non-hydrogen) atoms. The molecule has 2 aromatic heterocycles. The Morgan fingerprint density at radius 3 is 2.72 bits per heavy atom. The topological polar surface area (TPSA) is 113 Å². The molecule has 3 saturated carbocycles. The minimum absolute atomic E-state index is 0.216. The fourth-order valence-electron chi connectivity index (χ4n) is 4.72. The van der Waals surface area contributed by atoms with Gasteiger partial charge in [-0.25, -0.2) is 4.98 Å². The number of hydrogen-bond acceptors (Lipinski definition) is 6. The van der Waals surface area contributed by atoms with Crippen molar-refractivity contribution in [1.29, 1.82) is 0 Å². The molecule has 2 bridgehead atoms. The van der Waals surface area contributed by atoms with E-state index in [4.69, 9.17) is 5.73 Å². The summed E-state index contributed by atoms with van der Waals surface area (Å²) in [6.07, 6.45) is 5.04. The van der Waals surface area contributed by atoms with Gasteiger partial charge in [-0.3, -0.25) is 5.10 Å². The lowest BCUT2D eigenvalue weighted by Gasteiger charge is -2.70. The molecular weight excluding hydrogens is 316 g/mol. The van der Waals surface area contributed by atoms with Gasteiger partial charge in [0, 0.05) is 30.3 Å². The minimum atomic E-state index is 0.216. The van der Waals surface area contributed by atoms with Crippen molar-refractivity contribution in [2.24, 2.45) is 10.8 Å². The van der Waals surface area contributed by atoms with Crippen molar-refractivity contribution in [3.05, 3.63) is 30.5 Å². The molecule has 1 aromatic carbocycles. The largest absolute Gasteiger partial charge is 0.396 e. The van der Waals surface area contributed by atoms with Crippen LogP contribution in [0, 0.1) is 10.8 Å². The zero-order chi connectivity index (χ0) is 17.1. The molecule has 0 aliphatic heterocycles. The van der Waals surface area contributed by atoms with E-state index in [-0.39, 0.29) is 11.4 Å². The summed E-state index contributed by atoms with van der Waals surface area (Å²) in [6.45, 7) is 1.18. The third kappa shape index (κ3) is 2.19. The number of aromatic amines is 1. The van der Waals surface area contributed by atoms with Crippen LogP contribution in [0.1, 0.15) is 19.3 Å². The highest BCUT2D eigenvalue weighted by atomic mass is 16.3. The lowest BCUT2D eigenvalue weighted by atomic mass is 9.35. The maximum Gasteiger partial charge on any atom is 0.222 e. The minimum Gasteiger partial charge on any atom is -0.396 e. The van der Waals surface area contributed by atoms with Crippen LogP contribution >= 0.6 is 0 Å². The van der Waals surface area contributed by atoms with E-state index in [1.54, 1.807) is 6.20 Å². The second-order valence-corrected chi connectivity index (χ2v) is 7.67. The second-order valence-electron chi connectivity index (χ2n) is 7.67. The summed E-state index contributed by atoms with van der Waals surface area (Å²) in [6, 6.07) is 7.96. The molecule has 0 amide bonds. The van der Waals surface area contributed by atoms with Crippen molar-refractivity contribution in [2.45, 2.75) is 19.3 Å². The van der Waals surface area contributed by atoms with Crippen molar-refractivity contribution in [1.82, 2.24) is 20.2 Å². The molecule has 5 N–H and O–H groups in total. The average molecular weight is 336 g/mol. The van der Waals surface area contributed by atoms with Crippen LogP contribution in [0.4, 0.5) is 11.8 Å². The smallest absolute Gasteiger partial charge is 0.222 e. The van der Waals surface area contributed by atoms with Gasteiger partial charge in [0.05, 0.1) is 11.2 Å². The average Bonchev–Trinajstić information content (AvgIpc) is 3.06. The SMILES string of the molecule is Nc1nc(NCC23CC(CO)(C2)C3)c2ccc(-c3ccn[nH]3)cc2n1. The van der Waals surface area contributed by atoms with Gasteiger partial charge in [-0.15, -0.1) is 0 Å². The van der Waals surface area contributed by atoms with Crippen molar-refractivity contribution >= 4 is 22.7 Å². The molecular formula is C18H20N6O. The molecule has 6 rings (SSSR count). The Labute approximate surface area is 144 Å². The molecule has 0 spiro atoms. The van der Waals surface area contributed by atoms with E-state index in [0.717, 1.165) is 53.8 Å². The Hall–Kier alpha value is -2.67. The first-order valence-electron chi connectivity index (χ1n) is 8.52. The van der Waals surface area contributed by atoms with E-state index in [1.165, 1.54) is 0 Å². The van der Waals surface area contributed by atoms with Crippen molar-refractivity contribution in [3.8, 4) is 11.3 Å². The van der Waals surface area contributed by atoms with E-state index >= 15 is 0 Å². The number of H-pyrrole nitrogens is 1. The third-order valence-corrected chi connectivity index (χ3v) is 5.74. The van der Waals surface area contributed by atoms with Gasteiger partial charge in [0.1, 0.15) is 5.82 Å². The highest BCUT2D eigenvalue weighted by molar-refractivity contribution is 5.92. The number of nitrogens with zero attached hydrogens (tertiary/aromatic N) is 3. The lowest BCUT2D eigenvalue weighted by molar-refractivity contribution is -0.214. The first-order chi connectivity index (χ1) is 12.1. The lowest BCUT2D eigenvalue weighted by Crippen LogP contribution is -2.65. The van der Waals surface area contributed by atoms with E-state index in [2.05, 4.69) is 25.5 Å². The van der Waals surface area contributed by atoms with E-state index < -0.39 is 0 Å². The van der Waals surface area contributed by atoms with Crippen LogP contribution in [0.15, 0.2) is 30.5 Å². The summed E-state index contributed by atoms with van der Waals surface area (Å²) >= 11 is 0. The maximum absolute atomic E-state index is 9.40.